The minimum absolute atomic E-state index is 0.0355. The molecule has 3 N–H and O–H groups in total. The highest BCUT2D eigenvalue weighted by Gasteiger charge is 2.12. The molecule has 1 atom stereocenters. The van der Waals surface area contributed by atoms with Crippen molar-refractivity contribution in [3.63, 3.8) is 0 Å². The summed E-state index contributed by atoms with van der Waals surface area (Å²) in [4.78, 5) is 23.6. The predicted molar refractivity (Wildman–Crippen MR) is 102 cm³/mol. The van der Waals surface area contributed by atoms with E-state index < -0.39 is 11.8 Å². The first-order valence-corrected chi connectivity index (χ1v) is 8.63. The molecule has 0 radical (unpaired) electrons. The van der Waals surface area contributed by atoms with Crippen molar-refractivity contribution in [3.05, 3.63) is 59.4 Å². The molecule has 0 fully saturated rings. The molecule has 0 saturated carbocycles. The molecule has 1 unspecified atom stereocenters. The van der Waals surface area contributed by atoms with Gasteiger partial charge in [-0.25, -0.2) is 9.18 Å². The van der Waals surface area contributed by atoms with Crippen molar-refractivity contribution in [2.75, 3.05) is 19.5 Å². The largest absolute Gasteiger partial charge is 0.494 e. The van der Waals surface area contributed by atoms with E-state index in [0.717, 1.165) is 5.56 Å². The van der Waals surface area contributed by atoms with Crippen LogP contribution in [-0.4, -0.2) is 26.1 Å². The standard InChI is InChI=1S/C20H24FN3O3/c1-13(15-8-9-18(27-3)17(21)12-15)23-20(26)24-16-6-4-5-14(11-16)7-10-19(25)22-2/h4-6,8-9,11-13H,7,10H2,1-3H3,(H,22,25)(H2,23,24,26). The summed E-state index contributed by atoms with van der Waals surface area (Å²) >= 11 is 0. The van der Waals surface area contributed by atoms with E-state index in [4.69, 9.17) is 4.74 Å². The molecule has 0 bridgehead atoms. The highest BCUT2D eigenvalue weighted by Crippen LogP contribution is 2.22. The lowest BCUT2D eigenvalue weighted by atomic mass is 10.1. The number of hydrogen-bond donors (Lipinski definition) is 3. The molecule has 6 nitrogen and oxygen atoms in total. The van der Waals surface area contributed by atoms with Gasteiger partial charge in [-0.1, -0.05) is 18.2 Å². The number of aryl methyl sites for hydroxylation is 1. The maximum absolute atomic E-state index is 13.8. The Bertz CT molecular complexity index is 811. The maximum Gasteiger partial charge on any atom is 0.319 e. The fourth-order valence-corrected chi connectivity index (χ4v) is 2.59. The minimum Gasteiger partial charge on any atom is -0.494 e. The van der Waals surface area contributed by atoms with Gasteiger partial charge in [-0.05, 0) is 48.7 Å². The van der Waals surface area contributed by atoms with E-state index in [-0.39, 0.29) is 17.7 Å². The van der Waals surface area contributed by atoms with Gasteiger partial charge in [-0.3, -0.25) is 4.79 Å². The van der Waals surface area contributed by atoms with Crippen LogP contribution in [0.5, 0.6) is 5.75 Å². The quantitative estimate of drug-likeness (QED) is 0.696. The van der Waals surface area contributed by atoms with Crippen LogP contribution in [0.2, 0.25) is 0 Å². The van der Waals surface area contributed by atoms with Crippen LogP contribution in [-0.2, 0) is 11.2 Å². The number of carbonyl (C=O) groups is 2. The zero-order valence-corrected chi connectivity index (χ0v) is 15.6. The monoisotopic (exact) mass is 373 g/mol. The second-order valence-corrected chi connectivity index (χ2v) is 6.09. The van der Waals surface area contributed by atoms with Crippen LogP contribution in [0.4, 0.5) is 14.9 Å². The third-order valence-corrected chi connectivity index (χ3v) is 4.13. The first-order chi connectivity index (χ1) is 12.9. The molecule has 144 valence electrons. The third kappa shape index (κ3) is 5.99. The molecule has 0 aliphatic carbocycles. The van der Waals surface area contributed by atoms with Crippen molar-refractivity contribution in [2.45, 2.75) is 25.8 Å². The molecule has 0 aromatic heterocycles. The molecule has 2 rings (SSSR count). The first kappa shape index (κ1) is 20.2. The number of amides is 3. The number of hydrogen-bond acceptors (Lipinski definition) is 3. The molecule has 27 heavy (non-hydrogen) atoms. The van der Waals surface area contributed by atoms with Gasteiger partial charge in [0.1, 0.15) is 0 Å². The first-order valence-electron chi connectivity index (χ1n) is 8.63. The second kappa shape index (κ2) is 9.56. The van der Waals surface area contributed by atoms with Gasteiger partial charge in [-0.15, -0.1) is 0 Å². The second-order valence-electron chi connectivity index (χ2n) is 6.09. The van der Waals surface area contributed by atoms with E-state index >= 15 is 0 Å². The summed E-state index contributed by atoms with van der Waals surface area (Å²) in [6.07, 6.45) is 0.963. The van der Waals surface area contributed by atoms with E-state index in [1.165, 1.54) is 19.2 Å². The molecule has 0 heterocycles. The highest BCUT2D eigenvalue weighted by molar-refractivity contribution is 5.89. The molecule has 0 saturated heterocycles. The van der Waals surface area contributed by atoms with Crippen LogP contribution >= 0.6 is 0 Å². The lowest BCUT2D eigenvalue weighted by molar-refractivity contribution is -0.120. The van der Waals surface area contributed by atoms with Gasteiger partial charge >= 0.3 is 6.03 Å². The molecule has 0 aliphatic rings. The molecule has 7 heteroatoms. The zero-order valence-electron chi connectivity index (χ0n) is 15.6. The number of halogens is 1. The molecule has 3 amide bonds. The van der Waals surface area contributed by atoms with Crippen molar-refractivity contribution < 1.29 is 18.7 Å². The predicted octanol–water partition coefficient (Wildman–Crippen LogP) is 3.40. The van der Waals surface area contributed by atoms with Crippen LogP contribution < -0.4 is 20.7 Å². The molecular formula is C20H24FN3O3. The van der Waals surface area contributed by atoms with Crippen LogP contribution in [0, 0.1) is 5.82 Å². The third-order valence-electron chi connectivity index (χ3n) is 4.13. The Morgan fingerprint density at radius 3 is 2.63 bits per heavy atom. The Morgan fingerprint density at radius 2 is 1.96 bits per heavy atom. The summed E-state index contributed by atoms with van der Waals surface area (Å²) in [5.74, 6) is -0.358. The summed E-state index contributed by atoms with van der Waals surface area (Å²) < 4.78 is 18.7. The summed E-state index contributed by atoms with van der Waals surface area (Å²) in [6, 6.07) is 11.1. The van der Waals surface area contributed by atoms with E-state index in [1.807, 2.05) is 18.2 Å². The number of rotatable bonds is 7. The summed E-state index contributed by atoms with van der Waals surface area (Å²) in [5.41, 5.74) is 2.19. The van der Waals surface area contributed by atoms with Crippen LogP contribution in [0.15, 0.2) is 42.5 Å². The summed E-state index contributed by atoms with van der Waals surface area (Å²) in [7, 11) is 3.00. The van der Waals surface area contributed by atoms with Gasteiger partial charge in [0.15, 0.2) is 11.6 Å². The van der Waals surface area contributed by atoms with Gasteiger partial charge in [0.05, 0.1) is 13.2 Å². The Kier molecular flexibility index (Phi) is 7.16. The van der Waals surface area contributed by atoms with Crippen LogP contribution in [0.3, 0.4) is 0 Å². The molecule has 0 aliphatic heterocycles. The Morgan fingerprint density at radius 1 is 1.19 bits per heavy atom. The molecule has 0 spiro atoms. The van der Waals surface area contributed by atoms with E-state index in [2.05, 4.69) is 16.0 Å². The van der Waals surface area contributed by atoms with Gasteiger partial charge in [0.2, 0.25) is 5.91 Å². The van der Waals surface area contributed by atoms with Crippen molar-refractivity contribution in [2.24, 2.45) is 0 Å². The minimum atomic E-state index is -0.479. The average molecular weight is 373 g/mol. The van der Waals surface area contributed by atoms with Gasteiger partial charge in [-0.2, -0.15) is 0 Å². The van der Waals surface area contributed by atoms with Crippen molar-refractivity contribution in [1.29, 1.82) is 0 Å². The van der Waals surface area contributed by atoms with E-state index in [1.54, 1.807) is 26.1 Å². The number of anilines is 1. The fraction of sp³-hybridized carbons (Fsp3) is 0.300. The number of urea groups is 1. The number of ether oxygens (including phenoxy) is 1. The lowest BCUT2D eigenvalue weighted by Crippen LogP contribution is -2.31. The average Bonchev–Trinajstić information content (AvgIpc) is 2.66. The SMILES string of the molecule is CNC(=O)CCc1cccc(NC(=O)NC(C)c2ccc(OC)c(F)c2)c1. The number of benzene rings is 2. The van der Waals surface area contributed by atoms with Crippen molar-refractivity contribution in [1.82, 2.24) is 10.6 Å². The van der Waals surface area contributed by atoms with E-state index in [0.29, 0.717) is 24.1 Å². The summed E-state index contributed by atoms with van der Waals surface area (Å²) in [5, 5.41) is 8.10. The van der Waals surface area contributed by atoms with Crippen molar-refractivity contribution in [3.8, 4) is 5.75 Å². The summed E-state index contributed by atoms with van der Waals surface area (Å²) in [6.45, 7) is 1.76. The van der Waals surface area contributed by atoms with Crippen molar-refractivity contribution >= 4 is 17.6 Å². The number of nitrogens with one attached hydrogen (secondary N) is 3. The topological polar surface area (TPSA) is 79.5 Å². The lowest BCUT2D eigenvalue weighted by Gasteiger charge is -2.16. The number of carbonyl (C=O) groups excluding carboxylic acids is 2. The Labute approximate surface area is 158 Å². The Hall–Kier alpha value is -3.09. The van der Waals surface area contributed by atoms with Gasteiger partial charge < -0.3 is 20.7 Å². The maximum atomic E-state index is 13.8. The molecular weight excluding hydrogens is 349 g/mol. The number of methoxy groups -OCH3 is 1. The van der Waals surface area contributed by atoms with Crippen LogP contribution in [0.25, 0.3) is 0 Å². The fourth-order valence-electron chi connectivity index (χ4n) is 2.59. The molecule has 2 aromatic carbocycles. The van der Waals surface area contributed by atoms with Gasteiger partial charge in [0, 0.05) is 19.2 Å². The normalized spacial score (nSPS) is 11.4. The highest BCUT2D eigenvalue weighted by atomic mass is 19.1. The van der Waals surface area contributed by atoms with E-state index in [9.17, 15) is 14.0 Å². The Balaban J connectivity index is 1.95. The smallest absolute Gasteiger partial charge is 0.319 e. The van der Waals surface area contributed by atoms with Gasteiger partial charge in [0.25, 0.3) is 0 Å². The molecule has 2 aromatic rings. The zero-order chi connectivity index (χ0) is 19.8. The van der Waals surface area contributed by atoms with Crippen LogP contribution in [0.1, 0.15) is 30.5 Å².